The first-order chi connectivity index (χ1) is 12.4. The van der Waals surface area contributed by atoms with Crippen molar-refractivity contribution < 1.29 is 28.6 Å². The predicted octanol–water partition coefficient (Wildman–Crippen LogP) is 3.64. The molecular weight excluding hydrogens is 378 g/mol. The van der Waals surface area contributed by atoms with Gasteiger partial charge in [-0.25, -0.2) is 14.6 Å². The first kappa shape index (κ1) is 22.5. The number of hydrogen-bond acceptors (Lipinski definition) is 7. The van der Waals surface area contributed by atoms with Crippen molar-refractivity contribution in [2.24, 2.45) is 0 Å². The molecule has 150 valence electrons. The number of halogens is 1. The highest BCUT2D eigenvalue weighted by Crippen LogP contribution is 2.28. The molecule has 0 bridgehead atoms. The van der Waals surface area contributed by atoms with Crippen molar-refractivity contribution in [3.05, 3.63) is 23.9 Å². The first-order valence-corrected chi connectivity index (χ1v) is 8.54. The van der Waals surface area contributed by atoms with E-state index in [0.717, 1.165) is 4.90 Å². The molecule has 0 saturated carbocycles. The second kappa shape index (κ2) is 9.40. The molecule has 0 aliphatic heterocycles. The number of nitrogens with one attached hydrogen (secondary N) is 1. The highest BCUT2D eigenvalue weighted by molar-refractivity contribution is 6.20. The van der Waals surface area contributed by atoms with Gasteiger partial charge in [-0.2, -0.15) is 0 Å². The van der Waals surface area contributed by atoms with Crippen LogP contribution in [0.5, 0.6) is 0 Å². The first-order valence-electron chi connectivity index (χ1n) is 8.10. The van der Waals surface area contributed by atoms with E-state index in [9.17, 15) is 14.4 Å². The minimum Gasteiger partial charge on any atom is -0.444 e. The molecule has 2 atom stereocenters. The number of alkyl halides is 1. The van der Waals surface area contributed by atoms with Crippen LogP contribution in [0.3, 0.4) is 0 Å². The van der Waals surface area contributed by atoms with Gasteiger partial charge in [0.05, 0.1) is 5.56 Å². The Morgan fingerprint density at radius 1 is 1.26 bits per heavy atom. The Hall–Kier alpha value is -2.55. The van der Waals surface area contributed by atoms with Crippen LogP contribution in [0.1, 0.15) is 46.4 Å². The van der Waals surface area contributed by atoms with E-state index in [1.165, 1.54) is 27.1 Å². The van der Waals surface area contributed by atoms with E-state index in [4.69, 9.17) is 25.8 Å². The smallest absolute Gasteiger partial charge is 0.414 e. The number of hydrogen-bond donors (Lipinski definition) is 1. The zero-order chi connectivity index (χ0) is 20.8. The molecule has 0 aromatic carbocycles. The standard InChI is InChI=1S/C17H24ClN3O6/c1-10(18)25-15(23)20-13-12(8-7-9-19-13)14(26-11(2)22)21(6)16(24)27-17(3,4)5/h7-10,14H,1-6H3,(H,19,20,23). The van der Waals surface area contributed by atoms with Crippen molar-refractivity contribution in [1.82, 2.24) is 9.88 Å². The lowest BCUT2D eigenvalue weighted by Crippen LogP contribution is -2.38. The molecule has 1 rings (SSSR count). The third-order valence-corrected chi connectivity index (χ3v) is 2.99. The fourth-order valence-electron chi connectivity index (χ4n) is 1.93. The Bertz CT molecular complexity index is 689. The maximum Gasteiger partial charge on any atom is 0.414 e. The zero-order valence-electron chi connectivity index (χ0n) is 16.1. The van der Waals surface area contributed by atoms with E-state index >= 15 is 0 Å². The molecule has 2 unspecified atom stereocenters. The minimum atomic E-state index is -1.19. The monoisotopic (exact) mass is 401 g/mol. The Balaban J connectivity index is 3.18. The Kier molecular flexibility index (Phi) is 7.83. The number of esters is 1. The SMILES string of the molecule is CC(=O)OC(c1cccnc1NC(=O)OC(C)Cl)N(C)C(=O)OC(C)(C)C. The van der Waals surface area contributed by atoms with Crippen LogP contribution >= 0.6 is 11.6 Å². The summed E-state index contributed by atoms with van der Waals surface area (Å²) >= 11 is 5.62. The van der Waals surface area contributed by atoms with Crippen LogP contribution in [0.15, 0.2) is 18.3 Å². The minimum absolute atomic E-state index is 0.0430. The molecule has 1 heterocycles. The molecule has 1 N–H and O–H groups in total. The highest BCUT2D eigenvalue weighted by atomic mass is 35.5. The van der Waals surface area contributed by atoms with Gasteiger partial charge in [0.15, 0.2) is 5.56 Å². The fourth-order valence-corrected chi connectivity index (χ4v) is 2.01. The molecule has 0 saturated heterocycles. The summed E-state index contributed by atoms with van der Waals surface area (Å²) in [5.74, 6) is -0.594. The van der Waals surface area contributed by atoms with Gasteiger partial charge < -0.3 is 14.2 Å². The third kappa shape index (κ3) is 7.69. The van der Waals surface area contributed by atoms with Gasteiger partial charge in [0, 0.05) is 20.2 Å². The molecule has 27 heavy (non-hydrogen) atoms. The molecule has 0 spiro atoms. The van der Waals surface area contributed by atoms with Gasteiger partial charge in [0.2, 0.25) is 6.23 Å². The number of carbonyl (C=O) groups is 3. The van der Waals surface area contributed by atoms with Crippen LogP contribution in [0.2, 0.25) is 0 Å². The molecule has 0 fully saturated rings. The maximum absolute atomic E-state index is 12.4. The van der Waals surface area contributed by atoms with E-state index < -0.39 is 35.5 Å². The van der Waals surface area contributed by atoms with Crippen LogP contribution in [0.25, 0.3) is 0 Å². The largest absolute Gasteiger partial charge is 0.444 e. The number of aromatic nitrogens is 1. The van der Waals surface area contributed by atoms with Crippen molar-refractivity contribution in [3.63, 3.8) is 0 Å². The van der Waals surface area contributed by atoms with E-state index in [2.05, 4.69) is 10.3 Å². The molecule has 0 radical (unpaired) electrons. The summed E-state index contributed by atoms with van der Waals surface area (Å²) in [7, 11) is 1.40. The van der Waals surface area contributed by atoms with Crippen molar-refractivity contribution in [1.29, 1.82) is 0 Å². The Morgan fingerprint density at radius 2 is 1.89 bits per heavy atom. The van der Waals surface area contributed by atoms with Gasteiger partial charge in [0.1, 0.15) is 11.4 Å². The molecule has 0 aliphatic carbocycles. The fraction of sp³-hybridized carbons (Fsp3) is 0.529. The van der Waals surface area contributed by atoms with Crippen LogP contribution < -0.4 is 5.32 Å². The highest BCUT2D eigenvalue weighted by Gasteiger charge is 2.31. The Morgan fingerprint density at radius 3 is 2.41 bits per heavy atom. The van der Waals surface area contributed by atoms with Gasteiger partial charge >= 0.3 is 18.2 Å². The summed E-state index contributed by atoms with van der Waals surface area (Å²) < 4.78 is 15.4. The molecule has 0 aliphatic rings. The van der Waals surface area contributed by atoms with Crippen LogP contribution in [-0.4, -0.2) is 46.3 Å². The average Bonchev–Trinajstić information content (AvgIpc) is 2.50. The normalized spacial score (nSPS) is 13.1. The van der Waals surface area contributed by atoms with Gasteiger partial charge in [-0.15, -0.1) is 0 Å². The lowest BCUT2D eigenvalue weighted by molar-refractivity contribution is -0.155. The zero-order valence-corrected chi connectivity index (χ0v) is 16.9. The third-order valence-electron chi connectivity index (χ3n) is 2.91. The van der Waals surface area contributed by atoms with Crippen molar-refractivity contribution >= 4 is 35.6 Å². The lowest BCUT2D eigenvalue weighted by Gasteiger charge is -2.30. The molecule has 10 heteroatoms. The number of nitrogens with zero attached hydrogens (tertiary/aromatic N) is 2. The molecule has 9 nitrogen and oxygen atoms in total. The number of anilines is 1. The second-order valence-electron chi connectivity index (χ2n) is 6.57. The molecule has 2 amide bonds. The lowest BCUT2D eigenvalue weighted by atomic mass is 10.2. The van der Waals surface area contributed by atoms with E-state index in [0.29, 0.717) is 0 Å². The summed E-state index contributed by atoms with van der Waals surface area (Å²) in [5.41, 5.74) is -1.35. The number of ether oxygens (including phenoxy) is 3. The van der Waals surface area contributed by atoms with Gasteiger partial charge in [-0.3, -0.25) is 15.0 Å². The predicted molar refractivity (Wildman–Crippen MR) is 98.2 cm³/mol. The quantitative estimate of drug-likeness (QED) is 0.347. The summed E-state index contributed by atoms with van der Waals surface area (Å²) in [6.07, 6.45) is -1.34. The van der Waals surface area contributed by atoms with Crippen LogP contribution in [-0.2, 0) is 19.0 Å². The summed E-state index contributed by atoms with van der Waals surface area (Å²) in [4.78, 5) is 40.9. The Labute approximate surface area is 162 Å². The molecular formula is C17H24ClN3O6. The number of pyridine rings is 1. The molecule has 1 aromatic heterocycles. The van der Waals surface area contributed by atoms with Crippen LogP contribution in [0.4, 0.5) is 15.4 Å². The van der Waals surface area contributed by atoms with Crippen molar-refractivity contribution in [2.45, 2.75) is 52.0 Å². The number of rotatable bonds is 5. The van der Waals surface area contributed by atoms with E-state index in [1.54, 1.807) is 32.9 Å². The topological polar surface area (TPSA) is 107 Å². The number of carbonyl (C=O) groups excluding carboxylic acids is 3. The average molecular weight is 402 g/mol. The van der Waals surface area contributed by atoms with Crippen LogP contribution in [0, 0.1) is 0 Å². The van der Waals surface area contributed by atoms with E-state index in [-0.39, 0.29) is 11.4 Å². The van der Waals surface area contributed by atoms with E-state index in [1.807, 2.05) is 0 Å². The number of amides is 2. The van der Waals surface area contributed by atoms with Crippen molar-refractivity contribution in [2.75, 3.05) is 12.4 Å². The molecule has 1 aromatic rings. The van der Waals surface area contributed by atoms with Crippen molar-refractivity contribution in [3.8, 4) is 0 Å². The maximum atomic E-state index is 12.4. The summed E-state index contributed by atoms with van der Waals surface area (Å²) in [6.45, 7) is 7.79. The second-order valence-corrected chi connectivity index (χ2v) is 7.18. The van der Waals surface area contributed by atoms with Gasteiger partial charge in [-0.05, 0) is 39.8 Å². The summed E-state index contributed by atoms with van der Waals surface area (Å²) in [5, 5.41) is 2.41. The van der Waals surface area contributed by atoms with Gasteiger partial charge in [-0.1, -0.05) is 11.6 Å². The summed E-state index contributed by atoms with van der Waals surface area (Å²) in [6, 6.07) is 3.11. The van der Waals surface area contributed by atoms with Gasteiger partial charge in [0.25, 0.3) is 0 Å².